The molecule has 0 aliphatic rings. The predicted molar refractivity (Wildman–Crippen MR) is 116 cm³/mol. The number of hydrogen-bond acceptors (Lipinski definition) is 4. The van der Waals surface area contributed by atoms with Gasteiger partial charge in [0.1, 0.15) is 11.7 Å². The third-order valence-corrected chi connectivity index (χ3v) is 4.79. The third-order valence-electron chi connectivity index (χ3n) is 4.79. The number of oxime groups is 1. The van der Waals surface area contributed by atoms with E-state index < -0.39 is 11.9 Å². The lowest BCUT2D eigenvalue weighted by Gasteiger charge is -2.11. The van der Waals surface area contributed by atoms with Gasteiger partial charge in [0.25, 0.3) is 5.91 Å². The molecule has 1 atom stereocenters. The van der Waals surface area contributed by atoms with Crippen LogP contribution in [0.3, 0.4) is 0 Å². The number of aromatic nitrogens is 2. The molecule has 1 amide bonds. The average Bonchev–Trinajstić information content (AvgIpc) is 3.00. The minimum absolute atomic E-state index is 0.0554. The van der Waals surface area contributed by atoms with Crippen LogP contribution in [0.4, 0.5) is 10.1 Å². The lowest BCUT2D eigenvalue weighted by molar-refractivity contribution is 0.0712. The first-order valence-electron chi connectivity index (χ1n) is 9.79. The minimum atomic E-state index is -0.661. The standard InChI is InChI=1S/C23H25FN4O2/c1-5-15(2)30-25-14-17-10-12-18(13-11-17)19-8-6-7-9-20(19)26-23(29)21-16(3)27-28(4)22(21)24/h6-15H,5H2,1-4H3,(H,26,29). The van der Waals surface area contributed by atoms with Gasteiger partial charge in [-0.2, -0.15) is 9.49 Å². The molecule has 0 fully saturated rings. The molecule has 2 aromatic carbocycles. The molecule has 7 heteroatoms. The van der Waals surface area contributed by atoms with Crippen molar-refractivity contribution >= 4 is 17.8 Å². The van der Waals surface area contributed by atoms with Crippen LogP contribution >= 0.6 is 0 Å². The molecule has 1 N–H and O–H groups in total. The van der Waals surface area contributed by atoms with Crippen LogP contribution in [0.5, 0.6) is 0 Å². The van der Waals surface area contributed by atoms with Gasteiger partial charge in [0, 0.05) is 18.3 Å². The molecule has 6 nitrogen and oxygen atoms in total. The maximum atomic E-state index is 14.2. The number of nitrogens with zero attached hydrogens (tertiary/aromatic N) is 3. The Morgan fingerprint density at radius 1 is 1.27 bits per heavy atom. The highest BCUT2D eigenvalue weighted by molar-refractivity contribution is 6.07. The number of amides is 1. The number of anilines is 1. The highest BCUT2D eigenvalue weighted by Crippen LogP contribution is 2.28. The van der Waals surface area contributed by atoms with E-state index in [2.05, 4.69) is 15.6 Å². The number of hydrogen-bond donors (Lipinski definition) is 1. The molecule has 3 aromatic rings. The summed E-state index contributed by atoms with van der Waals surface area (Å²) < 4.78 is 15.3. The normalized spacial score (nSPS) is 12.2. The Kier molecular flexibility index (Phi) is 6.61. The zero-order valence-corrected chi connectivity index (χ0v) is 17.5. The van der Waals surface area contributed by atoms with Crippen LogP contribution in [0.1, 0.15) is 41.9 Å². The molecular formula is C23H25FN4O2. The van der Waals surface area contributed by atoms with E-state index in [1.807, 2.05) is 56.3 Å². The zero-order valence-electron chi connectivity index (χ0n) is 17.5. The number of benzene rings is 2. The van der Waals surface area contributed by atoms with E-state index in [4.69, 9.17) is 4.84 Å². The number of para-hydroxylation sites is 1. The highest BCUT2D eigenvalue weighted by atomic mass is 19.1. The maximum absolute atomic E-state index is 14.2. The van der Waals surface area contributed by atoms with Gasteiger partial charge in [-0.25, -0.2) is 4.68 Å². The van der Waals surface area contributed by atoms with Crippen LogP contribution in [0, 0.1) is 12.9 Å². The minimum Gasteiger partial charge on any atom is -0.393 e. The van der Waals surface area contributed by atoms with Gasteiger partial charge in [-0.3, -0.25) is 4.79 Å². The molecule has 1 unspecified atom stereocenters. The molecule has 3 rings (SSSR count). The van der Waals surface area contributed by atoms with Crippen molar-refractivity contribution in [3.63, 3.8) is 0 Å². The zero-order chi connectivity index (χ0) is 21.7. The molecule has 1 aromatic heterocycles. The Labute approximate surface area is 175 Å². The van der Waals surface area contributed by atoms with Crippen LogP contribution < -0.4 is 5.32 Å². The van der Waals surface area contributed by atoms with Crippen molar-refractivity contribution in [1.29, 1.82) is 0 Å². The fourth-order valence-corrected chi connectivity index (χ4v) is 2.94. The number of halogens is 1. The lowest BCUT2D eigenvalue weighted by atomic mass is 10.0. The summed E-state index contributed by atoms with van der Waals surface area (Å²) in [7, 11) is 1.46. The van der Waals surface area contributed by atoms with E-state index in [1.54, 1.807) is 19.2 Å². The number of rotatable bonds is 7. The molecule has 0 saturated carbocycles. The monoisotopic (exact) mass is 408 g/mol. The number of carbonyl (C=O) groups excluding carboxylic acids is 1. The molecular weight excluding hydrogens is 383 g/mol. The Hall–Kier alpha value is -3.48. The van der Waals surface area contributed by atoms with Crippen LogP contribution in [-0.2, 0) is 11.9 Å². The topological polar surface area (TPSA) is 68.5 Å². The second-order valence-electron chi connectivity index (χ2n) is 7.06. The number of aryl methyl sites for hydroxylation is 2. The van der Waals surface area contributed by atoms with Crippen molar-refractivity contribution < 1.29 is 14.0 Å². The Morgan fingerprint density at radius 2 is 1.97 bits per heavy atom. The van der Waals surface area contributed by atoms with E-state index in [-0.39, 0.29) is 11.7 Å². The summed E-state index contributed by atoms with van der Waals surface area (Å²) in [5.74, 6) is -1.19. The summed E-state index contributed by atoms with van der Waals surface area (Å²) in [6.45, 7) is 5.61. The van der Waals surface area contributed by atoms with Gasteiger partial charge in [-0.1, -0.05) is 54.5 Å². The molecule has 0 bridgehead atoms. The van der Waals surface area contributed by atoms with Crippen molar-refractivity contribution in [2.24, 2.45) is 12.2 Å². The van der Waals surface area contributed by atoms with E-state index in [0.29, 0.717) is 11.4 Å². The first kappa shape index (κ1) is 21.2. The molecule has 1 heterocycles. The fourth-order valence-electron chi connectivity index (χ4n) is 2.94. The van der Waals surface area contributed by atoms with Gasteiger partial charge in [0.05, 0.1) is 11.9 Å². The molecule has 0 aliphatic heterocycles. The van der Waals surface area contributed by atoms with Gasteiger partial charge in [0.15, 0.2) is 0 Å². The SMILES string of the molecule is CCC(C)ON=Cc1ccc(-c2ccccc2NC(=O)c2c(C)nn(C)c2F)cc1. The lowest BCUT2D eigenvalue weighted by Crippen LogP contribution is -2.15. The quantitative estimate of drug-likeness (QED) is 0.445. The summed E-state index contributed by atoms with van der Waals surface area (Å²) >= 11 is 0. The van der Waals surface area contributed by atoms with Gasteiger partial charge in [-0.05, 0) is 37.5 Å². The largest absolute Gasteiger partial charge is 0.393 e. The van der Waals surface area contributed by atoms with E-state index in [9.17, 15) is 9.18 Å². The highest BCUT2D eigenvalue weighted by Gasteiger charge is 2.21. The van der Waals surface area contributed by atoms with Crippen molar-refractivity contribution in [3.05, 3.63) is 71.3 Å². The first-order valence-corrected chi connectivity index (χ1v) is 9.79. The Bertz CT molecular complexity index is 1060. The number of carbonyl (C=O) groups is 1. The van der Waals surface area contributed by atoms with Crippen molar-refractivity contribution in [1.82, 2.24) is 9.78 Å². The fraction of sp³-hybridized carbons (Fsp3) is 0.261. The van der Waals surface area contributed by atoms with E-state index in [1.165, 1.54) is 7.05 Å². The maximum Gasteiger partial charge on any atom is 0.262 e. The molecule has 0 aliphatic carbocycles. The van der Waals surface area contributed by atoms with Gasteiger partial charge in [0.2, 0.25) is 5.95 Å². The summed E-state index contributed by atoms with van der Waals surface area (Å²) in [6, 6.07) is 15.1. The van der Waals surface area contributed by atoms with Crippen LogP contribution in [-0.4, -0.2) is 28.0 Å². The van der Waals surface area contributed by atoms with Crippen LogP contribution in [0.25, 0.3) is 11.1 Å². The third kappa shape index (κ3) is 4.74. The van der Waals surface area contributed by atoms with Gasteiger partial charge in [-0.15, -0.1) is 0 Å². The summed E-state index contributed by atoms with van der Waals surface area (Å²) in [5, 5.41) is 10.8. The smallest absolute Gasteiger partial charge is 0.262 e. The molecule has 0 spiro atoms. The summed E-state index contributed by atoms with van der Waals surface area (Å²) in [4.78, 5) is 18.0. The predicted octanol–water partition coefficient (Wildman–Crippen LogP) is 4.94. The van der Waals surface area contributed by atoms with Gasteiger partial charge >= 0.3 is 0 Å². The second kappa shape index (κ2) is 9.35. The van der Waals surface area contributed by atoms with Crippen molar-refractivity contribution in [2.75, 3.05) is 5.32 Å². The summed E-state index contributed by atoms with van der Waals surface area (Å²) in [5.41, 5.74) is 3.51. The Morgan fingerprint density at radius 3 is 2.60 bits per heavy atom. The molecule has 30 heavy (non-hydrogen) atoms. The molecule has 0 radical (unpaired) electrons. The first-order chi connectivity index (χ1) is 14.4. The number of nitrogens with one attached hydrogen (secondary N) is 1. The van der Waals surface area contributed by atoms with E-state index >= 15 is 0 Å². The van der Waals surface area contributed by atoms with Crippen LogP contribution in [0.15, 0.2) is 53.7 Å². The van der Waals surface area contributed by atoms with Crippen molar-refractivity contribution in [2.45, 2.75) is 33.3 Å². The van der Waals surface area contributed by atoms with Crippen LogP contribution in [0.2, 0.25) is 0 Å². The second-order valence-corrected chi connectivity index (χ2v) is 7.06. The average molecular weight is 408 g/mol. The van der Waals surface area contributed by atoms with E-state index in [0.717, 1.165) is 27.8 Å². The van der Waals surface area contributed by atoms with Gasteiger partial charge < -0.3 is 10.2 Å². The molecule has 0 saturated heterocycles. The molecule has 156 valence electrons. The van der Waals surface area contributed by atoms with Crippen molar-refractivity contribution in [3.8, 4) is 11.1 Å². The Balaban J connectivity index is 1.81. The summed E-state index contributed by atoms with van der Waals surface area (Å²) in [6.07, 6.45) is 2.63.